The predicted octanol–water partition coefficient (Wildman–Crippen LogP) is 3.33. The van der Waals surface area contributed by atoms with Gasteiger partial charge in [0, 0.05) is 12.5 Å². The number of H-pyrrole nitrogens is 1. The van der Waals surface area contributed by atoms with E-state index in [1.54, 1.807) is 5.10 Å². The smallest absolute Gasteiger partial charge is 0.423 e. The van der Waals surface area contributed by atoms with Gasteiger partial charge in [-0.2, -0.15) is 18.3 Å². The van der Waals surface area contributed by atoms with Crippen LogP contribution in [0, 0.1) is 5.82 Å². The Morgan fingerprint density at radius 2 is 1.92 bits per heavy atom. The minimum atomic E-state index is -4.98. The van der Waals surface area contributed by atoms with Crippen LogP contribution in [0.4, 0.5) is 27.6 Å². The average molecular weight is 540 g/mol. The molecule has 0 fully saturated rings. The average Bonchev–Trinajstić information content (AvgIpc) is 2.84. The highest BCUT2D eigenvalue weighted by Crippen LogP contribution is 2.32. The van der Waals surface area contributed by atoms with Crippen LogP contribution in [0.3, 0.4) is 0 Å². The number of methoxy groups -OCH3 is 1. The largest absolute Gasteiger partial charge is 0.494 e. The van der Waals surface area contributed by atoms with Gasteiger partial charge >= 0.3 is 6.18 Å². The highest BCUT2D eigenvalue weighted by atomic mass is 19.4. The molecular formula is C23H20F5N7O3. The predicted molar refractivity (Wildman–Crippen MR) is 126 cm³/mol. The van der Waals surface area contributed by atoms with Gasteiger partial charge in [-0.25, -0.2) is 28.8 Å². The molecule has 4 aromatic rings. The Balaban J connectivity index is 1.50. The van der Waals surface area contributed by atoms with Crippen LogP contribution < -0.4 is 21.2 Å². The van der Waals surface area contributed by atoms with Crippen molar-refractivity contribution < 1.29 is 30.8 Å². The molecule has 1 aromatic carbocycles. The molecule has 2 N–H and O–H groups in total. The van der Waals surface area contributed by atoms with E-state index in [0.29, 0.717) is 0 Å². The lowest BCUT2D eigenvalue weighted by molar-refractivity contribution is -0.138. The lowest BCUT2D eigenvalue weighted by atomic mass is 10.1. The fourth-order valence-corrected chi connectivity index (χ4v) is 3.77. The van der Waals surface area contributed by atoms with Gasteiger partial charge < -0.3 is 10.1 Å². The number of nitrogens with one attached hydrogen (secondary N) is 2. The summed E-state index contributed by atoms with van der Waals surface area (Å²) in [6.07, 6.45) is -3.20. The minimum absolute atomic E-state index is 0.0426. The minimum Gasteiger partial charge on any atom is -0.494 e. The monoisotopic (exact) mass is 540 g/mol. The molecule has 2 atom stereocenters. The third-order valence-electron chi connectivity index (χ3n) is 5.45. The van der Waals surface area contributed by atoms with Gasteiger partial charge in [0.15, 0.2) is 11.6 Å². The molecule has 0 aliphatic rings. The summed E-state index contributed by atoms with van der Waals surface area (Å²) in [5.74, 6) is -1.21. The first-order valence-electron chi connectivity index (χ1n) is 12.4. The van der Waals surface area contributed by atoms with Gasteiger partial charge in [0.2, 0.25) is 0 Å². The number of hydrogen-bond acceptors (Lipinski definition) is 8. The van der Waals surface area contributed by atoms with Crippen LogP contribution in [-0.4, -0.2) is 49.0 Å². The molecule has 0 radical (unpaired) electrons. The van der Waals surface area contributed by atoms with E-state index >= 15 is 0 Å². The molecule has 3 heterocycles. The number of hydrogen-bond donors (Lipinski definition) is 2. The van der Waals surface area contributed by atoms with E-state index in [1.165, 1.54) is 13.0 Å². The summed E-state index contributed by atoms with van der Waals surface area (Å²) < 4.78 is 96.3. The second-order valence-corrected chi connectivity index (χ2v) is 8.26. The Bertz CT molecular complexity index is 1680. The van der Waals surface area contributed by atoms with Crippen molar-refractivity contribution in [2.75, 3.05) is 12.4 Å². The molecule has 4 rings (SSSR count). The van der Waals surface area contributed by atoms with E-state index in [0.717, 1.165) is 35.6 Å². The van der Waals surface area contributed by atoms with Crippen LogP contribution >= 0.6 is 0 Å². The molecule has 38 heavy (non-hydrogen) atoms. The summed E-state index contributed by atoms with van der Waals surface area (Å²) in [6.45, 7) is 0.848. The Morgan fingerprint density at radius 3 is 2.61 bits per heavy atom. The maximum Gasteiger partial charge on any atom is 0.423 e. The first-order valence-corrected chi connectivity index (χ1v) is 10.9. The van der Waals surface area contributed by atoms with Crippen molar-refractivity contribution in [3.63, 3.8) is 0 Å². The lowest BCUT2D eigenvalue weighted by Crippen LogP contribution is -2.30. The van der Waals surface area contributed by atoms with E-state index in [4.69, 9.17) is 4.11 Å². The number of aromatic nitrogens is 6. The summed E-state index contributed by atoms with van der Waals surface area (Å²) in [7, 11) is -2.73. The number of alkyl halides is 4. The third-order valence-corrected chi connectivity index (χ3v) is 5.45. The number of ether oxygens (including phenoxy) is 1. The van der Waals surface area contributed by atoms with Crippen LogP contribution in [0.25, 0.3) is 22.3 Å². The molecule has 0 unspecified atom stereocenters. The van der Waals surface area contributed by atoms with Crippen LogP contribution in [0.2, 0.25) is 0 Å². The SMILES string of the molecule is [2H]C([2H])([2H])Oc1cnc(-c2cc3ncn(C[C@H](F)C[C@H](C)Nc4cn[nH]c(=O)c4C(F)(F)F)c(=O)c3cc2F)nc1. The van der Waals surface area contributed by atoms with Crippen molar-refractivity contribution >= 4 is 16.6 Å². The Hall–Kier alpha value is -4.43. The molecular weight excluding hydrogens is 517 g/mol. The Morgan fingerprint density at radius 1 is 1.18 bits per heavy atom. The van der Waals surface area contributed by atoms with Crippen molar-refractivity contribution in [2.24, 2.45) is 0 Å². The van der Waals surface area contributed by atoms with Gasteiger partial charge in [0.1, 0.15) is 17.6 Å². The zero-order chi connectivity index (χ0) is 30.1. The molecule has 10 nitrogen and oxygen atoms in total. The summed E-state index contributed by atoms with van der Waals surface area (Å²) in [5.41, 5.74) is -4.46. The number of nitrogens with zero attached hydrogens (tertiary/aromatic N) is 5. The van der Waals surface area contributed by atoms with Crippen molar-refractivity contribution in [1.82, 2.24) is 29.7 Å². The van der Waals surface area contributed by atoms with Crippen molar-refractivity contribution in [3.8, 4) is 17.1 Å². The second-order valence-electron chi connectivity index (χ2n) is 8.26. The lowest BCUT2D eigenvalue weighted by Gasteiger charge is -2.20. The molecule has 0 saturated heterocycles. The number of fused-ring (bicyclic) bond motifs is 1. The molecule has 0 aliphatic heterocycles. The molecule has 0 bridgehead atoms. The number of rotatable bonds is 8. The van der Waals surface area contributed by atoms with Crippen LogP contribution in [-0.2, 0) is 12.7 Å². The zero-order valence-electron chi connectivity index (χ0n) is 22.4. The first kappa shape index (κ1) is 22.7. The van der Waals surface area contributed by atoms with Crippen molar-refractivity contribution in [3.05, 3.63) is 69.1 Å². The summed E-state index contributed by atoms with van der Waals surface area (Å²) in [4.78, 5) is 36.4. The maximum atomic E-state index is 14.9. The standard InChI is InChI=1S/C23H20F5N7O3/c1-11(33-18-8-32-34-21(36)19(18)23(26,27)28)3-12(24)9-35-10-31-17-5-14(16(25)4-15(17)22(35)37)20-29-6-13(38-2)7-30-20/h4-8,10-12H,3,9H2,1-2H3,(H2,33,34,36)/t11-,12+/m0/s1/i2D3. The third kappa shape index (κ3) is 5.60. The number of halogens is 5. The Labute approximate surface area is 214 Å². The van der Waals surface area contributed by atoms with E-state index in [9.17, 15) is 31.5 Å². The molecule has 3 aromatic heterocycles. The molecule has 0 aliphatic carbocycles. The molecule has 0 amide bonds. The number of aromatic amines is 1. The van der Waals surface area contributed by atoms with Gasteiger partial charge in [0.05, 0.1) is 64.8 Å². The van der Waals surface area contributed by atoms with Crippen LogP contribution in [0.5, 0.6) is 5.75 Å². The highest BCUT2D eigenvalue weighted by molar-refractivity contribution is 5.82. The van der Waals surface area contributed by atoms with Crippen molar-refractivity contribution in [1.29, 1.82) is 0 Å². The first-order chi connectivity index (χ1) is 19.1. The van der Waals surface area contributed by atoms with Gasteiger partial charge in [-0.1, -0.05) is 0 Å². The van der Waals surface area contributed by atoms with E-state index < -0.39 is 60.2 Å². The van der Waals surface area contributed by atoms with Crippen LogP contribution in [0.15, 0.2) is 46.6 Å². The topological polar surface area (TPSA) is 128 Å². The molecule has 200 valence electrons. The second kappa shape index (κ2) is 10.5. The highest BCUT2D eigenvalue weighted by Gasteiger charge is 2.37. The van der Waals surface area contributed by atoms with Gasteiger partial charge in [-0.05, 0) is 19.1 Å². The van der Waals surface area contributed by atoms with E-state index in [1.807, 2.05) is 0 Å². The quantitative estimate of drug-likeness (QED) is 0.326. The van der Waals surface area contributed by atoms with E-state index in [-0.39, 0.29) is 34.5 Å². The number of benzene rings is 1. The summed E-state index contributed by atoms with van der Waals surface area (Å²) in [6, 6.07) is 1.17. The summed E-state index contributed by atoms with van der Waals surface area (Å²) in [5, 5.41) is 7.27. The number of anilines is 1. The Kier molecular flexibility index (Phi) is 6.29. The summed E-state index contributed by atoms with van der Waals surface area (Å²) >= 11 is 0. The molecule has 0 spiro atoms. The molecule has 0 saturated carbocycles. The fraction of sp³-hybridized carbons (Fsp3) is 0.304. The fourth-order valence-electron chi connectivity index (χ4n) is 3.77. The van der Waals surface area contributed by atoms with Gasteiger partial charge in [-0.15, -0.1) is 0 Å². The normalized spacial score (nSPS) is 14.8. The van der Waals surface area contributed by atoms with Gasteiger partial charge in [0.25, 0.3) is 11.1 Å². The van der Waals surface area contributed by atoms with E-state index in [2.05, 4.69) is 30.1 Å². The van der Waals surface area contributed by atoms with Crippen molar-refractivity contribution in [2.45, 2.75) is 38.3 Å². The molecule has 15 heteroatoms. The van der Waals surface area contributed by atoms with Crippen LogP contribution in [0.1, 0.15) is 23.0 Å². The zero-order valence-corrected chi connectivity index (χ0v) is 19.4. The maximum absolute atomic E-state index is 14.9. The van der Waals surface area contributed by atoms with Gasteiger partial charge in [-0.3, -0.25) is 14.2 Å².